The molecule has 0 radical (unpaired) electrons. The zero-order valence-corrected chi connectivity index (χ0v) is 16.4. The number of nitrogens with zero attached hydrogens (tertiary/aromatic N) is 1. The van der Waals surface area contributed by atoms with Crippen molar-refractivity contribution in [2.24, 2.45) is 0 Å². The van der Waals surface area contributed by atoms with Gasteiger partial charge in [-0.2, -0.15) is 0 Å². The van der Waals surface area contributed by atoms with Crippen LogP contribution in [0.2, 0.25) is 0 Å². The molecule has 140 valence electrons. The third kappa shape index (κ3) is 4.72. The summed E-state index contributed by atoms with van der Waals surface area (Å²) < 4.78 is 10.5. The molecule has 0 aliphatic rings. The molecule has 1 N–H and O–H groups in total. The summed E-state index contributed by atoms with van der Waals surface area (Å²) in [7, 11) is 1.57. The van der Waals surface area contributed by atoms with Gasteiger partial charge < -0.3 is 14.8 Å². The van der Waals surface area contributed by atoms with Crippen LogP contribution in [-0.2, 0) is 16.1 Å². The zero-order chi connectivity index (χ0) is 19.2. The van der Waals surface area contributed by atoms with Crippen LogP contribution >= 0.6 is 22.7 Å². The average molecular weight is 402 g/mol. The lowest BCUT2D eigenvalue weighted by Crippen LogP contribution is -2.35. The number of esters is 1. The van der Waals surface area contributed by atoms with E-state index in [9.17, 15) is 9.59 Å². The summed E-state index contributed by atoms with van der Waals surface area (Å²) in [4.78, 5) is 29.7. The van der Waals surface area contributed by atoms with Crippen LogP contribution in [0.5, 0.6) is 5.75 Å². The first-order chi connectivity index (χ1) is 13.1. The van der Waals surface area contributed by atoms with Crippen LogP contribution in [-0.4, -0.2) is 30.1 Å². The zero-order valence-electron chi connectivity index (χ0n) is 14.8. The molecule has 1 aromatic carbocycles. The number of thiophene rings is 1. The normalized spacial score (nSPS) is 11.6. The summed E-state index contributed by atoms with van der Waals surface area (Å²) in [5.74, 6) is -0.317. The van der Waals surface area contributed by atoms with E-state index in [4.69, 9.17) is 9.47 Å². The smallest absolute Gasteiger partial charge is 0.358 e. The molecule has 1 atom stereocenters. The molecule has 0 fully saturated rings. The highest BCUT2D eigenvalue weighted by molar-refractivity contribution is 7.20. The largest absolute Gasteiger partial charge is 0.496 e. The van der Waals surface area contributed by atoms with Crippen LogP contribution in [0.25, 0.3) is 9.88 Å². The monoisotopic (exact) mass is 402 g/mol. The van der Waals surface area contributed by atoms with Gasteiger partial charge in [0.2, 0.25) is 0 Å². The van der Waals surface area contributed by atoms with Crippen molar-refractivity contribution in [3.8, 4) is 15.6 Å². The van der Waals surface area contributed by atoms with Crippen molar-refractivity contribution in [2.45, 2.75) is 19.6 Å². The number of hydrogen-bond donors (Lipinski definition) is 1. The molecule has 2 aromatic heterocycles. The highest BCUT2D eigenvalue weighted by atomic mass is 32.1. The van der Waals surface area contributed by atoms with Gasteiger partial charge in [-0.05, 0) is 24.4 Å². The van der Waals surface area contributed by atoms with Crippen molar-refractivity contribution in [3.63, 3.8) is 0 Å². The Balaban J connectivity index is 1.55. The van der Waals surface area contributed by atoms with Crippen LogP contribution in [0.4, 0.5) is 0 Å². The molecule has 6 nitrogen and oxygen atoms in total. The van der Waals surface area contributed by atoms with Gasteiger partial charge in [-0.1, -0.05) is 24.3 Å². The lowest BCUT2D eigenvalue weighted by atomic mass is 10.2. The Morgan fingerprint density at radius 2 is 2.00 bits per heavy atom. The third-order valence-electron chi connectivity index (χ3n) is 3.74. The van der Waals surface area contributed by atoms with Gasteiger partial charge in [0.1, 0.15) is 10.8 Å². The van der Waals surface area contributed by atoms with Crippen molar-refractivity contribution in [1.29, 1.82) is 0 Å². The molecule has 0 spiro atoms. The minimum absolute atomic E-state index is 0.202. The van der Waals surface area contributed by atoms with E-state index in [1.807, 2.05) is 41.8 Å². The lowest BCUT2D eigenvalue weighted by Gasteiger charge is -2.14. The van der Waals surface area contributed by atoms with Crippen molar-refractivity contribution >= 4 is 34.6 Å². The topological polar surface area (TPSA) is 77.5 Å². The van der Waals surface area contributed by atoms with E-state index in [0.717, 1.165) is 15.4 Å². The number of rotatable bonds is 7. The number of ether oxygens (including phenoxy) is 2. The van der Waals surface area contributed by atoms with Crippen LogP contribution in [0, 0.1) is 0 Å². The van der Waals surface area contributed by atoms with Gasteiger partial charge in [-0.3, -0.25) is 4.79 Å². The van der Waals surface area contributed by atoms with Gasteiger partial charge in [0, 0.05) is 17.5 Å². The van der Waals surface area contributed by atoms with E-state index in [1.54, 1.807) is 23.8 Å². The van der Waals surface area contributed by atoms with E-state index in [1.165, 1.54) is 18.3 Å². The van der Waals surface area contributed by atoms with E-state index in [0.29, 0.717) is 5.75 Å². The first kappa shape index (κ1) is 19.1. The third-order valence-corrected chi connectivity index (χ3v) is 5.63. The Bertz CT molecular complexity index is 921. The maximum absolute atomic E-state index is 12.2. The Labute approximate surface area is 164 Å². The van der Waals surface area contributed by atoms with Crippen molar-refractivity contribution in [1.82, 2.24) is 10.3 Å². The fraction of sp³-hybridized carbons (Fsp3) is 0.211. The molecule has 2 heterocycles. The fourth-order valence-corrected chi connectivity index (χ4v) is 3.93. The standard InChI is InChI=1S/C19H18N2O4S2/c1-12(17(22)20-10-13-6-3-4-7-15(13)24-2)25-19(23)14-11-27-18(21-14)16-8-5-9-26-16/h3-9,11-12H,10H2,1-2H3,(H,20,22)/t12-/m0/s1. The summed E-state index contributed by atoms with van der Waals surface area (Å²) in [6, 6.07) is 11.3. The molecule has 0 saturated heterocycles. The summed E-state index contributed by atoms with van der Waals surface area (Å²) in [5, 5.41) is 7.08. The number of carbonyl (C=O) groups is 2. The van der Waals surface area contributed by atoms with Gasteiger partial charge in [0.05, 0.1) is 12.0 Å². The first-order valence-electron chi connectivity index (χ1n) is 8.18. The quantitative estimate of drug-likeness (QED) is 0.609. The number of hydrogen-bond acceptors (Lipinski definition) is 7. The predicted molar refractivity (Wildman–Crippen MR) is 105 cm³/mol. The minimum Gasteiger partial charge on any atom is -0.496 e. The van der Waals surface area contributed by atoms with Gasteiger partial charge in [0.15, 0.2) is 11.8 Å². The molecule has 3 aromatic rings. The highest BCUT2D eigenvalue weighted by Gasteiger charge is 2.21. The first-order valence-corrected chi connectivity index (χ1v) is 9.94. The fourth-order valence-electron chi connectivity index (χ4n) is 2.33. The van der Waals surface area contributed by atoms with E-state index in [2.05, 4.69) is 10.3 Å². The molecule has 8 heteroatoms. The number of carbonyl (C=O) groups excluding carboxylic acids is 2. The molecular formula is C19H18N2O4S2. The Hall–Kier alpha value is -2.71. The number of nitrogens with one attached hydrogen (secondary N) is 1. The van der Waals surface area contributed by atoms with Gasteiger partial charge >= 0.3 is 5.97 Å². The summed E-state index contributed by atoms with van der Waals surface area (Å²) in [6.07, 6.45) is -0.931. The SMILES string of the molecule is COc1ccccc1CNC(=O)[C@H](C)OC(=O)c1csc(-c2cccs2)n1. The number of amides is 1. The van der Waals surface area contributed by atoms with E-state index < -0.39 is 12.1 Å². The lowest BCUT2D eigenvalue weighted by molar-refractivity contribution is -0.129. The maximum Gasteiger partial charge on any atom is 0.358 e. The molecule has 3 rings (SSSR count). The number of aromatic nitrogens is 1. The van der Waals surface area contributed by atoms with E-state index >= 15 is 0 Å². The van der Waals surface area contributed by atoms with Gasteiger partial charge in [-0.25, -0.2) is 9.78 Å². The minimum atomic E-state index is -0.931. The molecule has 0 bridgehead atoms. The number of methoxy groups -OCH3 is 1. The molecule has 0 unspecified atom stereocenters. The molecule has 27 heavy (non-hydrogen) atoms. The molecular weight excluding hydrogens is 384 g/mol. The second-order valence-electron chi connectivity index (χ2n) is 5.59. The molecule has 1 amide bonds. The molecule has 0 aliphatic heterocycles. The summed E-state index contributed by atoms with van der Waals surface area (Å²) in [5.41, 5.74) is 1.04. The van der Waals surface area contributed by atoms with Crippen molar-refractivity contribution in [2.75, 3.05) is 7.11 Å². The summed E-state index contributed by atoms with van der Waals surface area (Å²) in [6.45, 7) is 1.81. The number of para-hydroxylation sites is 1. The Morgan fingerprint density at radius 3 is 2.74 bits per heavy atom. The number of thiazole rings is 1. The van der Waals surface area contributed by atoms with E-state index in [-0.39, 0.29) is 18.1 Å². The second kappa shape index (κ2) is 8.79. The average Bonchev–Trinajstić information content (AvgIpc) is 3.37. The maximum atomic E-state index is 12.2. The predicted octanol–water partition coefficient (Wildman–Crippen LogP) is 3.74. The Morgan fingerprint density at radius 1 is 1.19 bits per heavy atom. The number of benzene rings is 1. The van der Waals surface area contributed by atoms with Gasteiger partial charge in [-0.15, -0.1) is 22.7 Å². The van der Waals surface area contributed by atoms with Crippen LogP contribution in [0.15, 0.2) is 47.2 Å². The highest BCUT2D eigenvalue weighted by Crippen LogP contribution is 2.28. The van der Waals surface area contributed by atoms with Crippen LogP contribution in [0.1, 0.15) is 23.0 Å². The summed E-state index contributed by atoms with van der Waals surface area (Å²) >= 11 is 2.92. The van der Waals surface area contributed by atoms with Crippen LogP contribution in [0.3, 0.4) is 0 Å². The van der Waals surface area contributed by atoms with Crippen molar-refractivity contribution < 1.29 is 19.1 Å². The van der Waals surface area contributed by atoms with Crippen molar-refractivity contribution in [3.05, 3.63) is 58.4 Å². The Kier molecular flexibility index (Phi) is 6.20. The van der Waals surface area contributed by atoms with Gasteiger partial charge in [0.25, 0.3) is 5.91 Å². The van der Waals surface area contributed by atoms with Crippen LogP contribution < -0.4 is 10.1 Å². The second-order valence-corrected chi connectivity index (χ2v) is 7.40. The molecule has 0 aliphatic carbocycles. The molecule has 0 saturated carbocycles.